The number of rotatable bonds is 9. The molecule has 1 unspecified atom stereocenters. The van der Waals surface area contributed by atoms with Crippen LogP contribution in [0.25, 0.3) is 0 Å². The van der Waals surface area contributed by atoms with Crippen LogP contribution >= 0.6 is 11.8 Å². The van der Waals surface area contributed by atoms with Crippen LogP contribution in [0.4, 0.5) is 10.1 Å². The number of carbonyl (C=O) groups is 2. The Balaban J connectivity index is 0.000000202. The van der Waals surface area contributed by atoms with Gasteiger partial charge in [0.15, 0.2) is 0 Å². The third kappa shape index (κ3) is 9.39. The SMILES string of the molecule is CC(Cc1ccccc1)NC(=O)c1cccc(F)c1.O=CNc1ccc(SCc2ccccc2)cc1. The molecule has 0 aliphatic rings. The Bertz CT molecular complexity index is 1220. The number of nitrogens with one attached hydrogen (secondary N) is 2. The van der Waals surface area contributed by atoms with E-state index in [2.05, 4.69) is 22.8 Å². The van der Waals surface area contributed by atoms with E-state index >= 15 is 0 Å². The van der Waals surface area contributed by atoms with E-state index in [1.165, 1.54) is 28.7 Å². The van der Waals surface area contributed by atoms with Gasteiger partial charge in [0.25, 0.3) is 5.91 Å². The van der Waals surface area contributed by atoms with Crippen molar-refractivity contribution >= 4 is 29.8 Å². The first-order valence-corrected chi connectivity index (χ1v) is 12.6. The van der Waals surface area contributed by atoms with Crippen LogP contribution in [0.1, 0.15) is 28.4 Å². The highest BCUT2D eigenvalue weighted by atomic mass is 32.2. The number of thioether (sulfide) groups is 1. The minimum Gasteiger partial charge on any atom is -0.349 e. The summed E-state index contributed by atoms with van der Waals surface area (Å²) in [6, 6.07) is 33.8. The van der Waals surface area contributed by atoms with E-state index in [-0.39, 0.29) is 11.9 Å². The quantitative estimate of drug-likeness (QED) is 0.198. The van der Waals surface area contributed by atoms with E-state index in [4.69, 9.17) is 0 Å². The van der Waals surface area contributed by atoms with E-state index in [9.17, 15) is 14.0 Å². The molecule has 0 aliphatic heterocycles. The normalized spacial score (nSPS) is 10.9. The van der Waals surface area contributed by atoms with Gasteiger partial charge in [0.1, 0.15) is 5.82 Å². The Morgan fingerprint density at radius 1 is 0.861 bits per heavy atom. The first-order chi connectivity index (χ1) is 17.5. The molecule has 0 aromatic heterocycles. The Kier molecular flexibility index (Phi) is 10.7. The summed E-state index contributed by atoms with van der Waals surface area (Å²) in [4.78, 5) is 23.4. The van der Waals surface area contributed by atoms with Gasteiger partial charge >= 0.3 is 0 Å². The zero-order valence-electron chi connectivity index (χ0n) is 20.1. The molecule has 184 valence electrons. The van der Waals surface area contributed by atoms with Crippen LogP contribution in [-0.2, 0) is 17.0 Å². The summed E-state index contributed by atoms with van der Waals surface area (Å²) in [5.74, 6) is 0.313. The van der Waals surface area contributed by atoms with E-state index in [0.29, 0.717) is 12.0 Å². The van der Waals surface area contributed by atoms with Gasteiger partial charge in [-0.15, -0.1) is 11.8 Å². The second-order valence-electron chi connectivity index (χ2n) is 8.14. The highest BCUT2D eigenvalue weighted by Crippen LogP contribution is 2.23. The van der Waals surface area contributed by atoms with Crippen molar-refractivity contribution in [2.75, 3.05) is 5.32 Å². The summed E-state index contributed by atoms with van der Waals surface area (Å²) in [6.45, 7) is 1.93. The van der Waals surface area contributed by atoms with Crippen molar-refractivity contribution in [2.45, 2.75) is 30.0 Å². The average molecular weight is 501 g/mol. The first-order valence-electron chi connectivity index (χ1n) is 11.6. The maximum Gasteiger partial charge on any atom is 0.251 e. The van der Waals surface area contributed by atoms with Gasteiger partial charge in [0, 0.05) is 27.9 Å². The minimum atomic E-state index is -0.400. The molecule has 0 saturated heterocycles. The molecule has 4 aromatic rings. The Hall–Kier alpha value is -3.90. The van der Waals surface area contributed by atoms with E-state index < -0.39 is 5.82 Å². The lowest BCUT2D eigenvalue weighted by molar-refractivity contribution is -0.105. The number of hydrogen-bond donors (Lipinski definition) is 2. The Morgan fingerprint density at radius 3 is 2.11 bits per heavy atom. The molecule has 0 fully saturated rings. The summed E-state index contributed by atoms with van der Waals surface area (Å²) in [5.41, 5.74) is 3.64. The summed E-state index contributed by atoms with van der Waals surface area (Å²) in [5, 5.41) is 5.48. The van der Waals surface area contributed by atoms with Crippen molar-refractivity contribution in [3.63, 3.8) is 0 Å². The van der Waals surface area contributed by atoms with Crippen molar-refractivity contribution < 1.29 is 14.0 Å². The number of amides is 2. The standard InChI is InChI=1S/C16H16FNO.C14H13NOS/c1-12(10-13-6-3-2-4-7-13)18-16(19)14-8-5-9-15(17)11-14;16-11-15-13-6-8-14(9-7-13)17-10-12-4-2-1-3-5-12/h2-9,11-12H,10H2,1H3,(H,18,19);1-9,11H,10H2,(H,15,16). The van der Waals surface area contributed by atoms with Crippen LogP contribution < -0.4 is 10.6 Å². The molecule has 36 heavy (non-hydrogen) atoms. The highest BCUT2D eigenvalue weighted by molar-refractivity contribution is 7.98. The van der Waals surface area contributed by atoms with E-state index in [0.717, 1.165) is 23.4 Å². The average Bonchev–Trinajstić information content (AvgIpc) is 2.90. The second-order valence-corrected chi connectivity index (χ2v) is 9.18. The topological polar surface area (TPSA) is 58.2 Å². The fourth-order valence-electron chi connectivity index (χ4n) is 3.41. The largest absolute Gasteiger partial charge is 0.349 e. The van der Waals surface area contributed by atoms with Gasteiger partial charge in [-0.25, -0.2) is 4.39 Å². The lowest BCUT2D eigenvalue weighted by Crippen LogP contribution is -2.34. The fourth-order valence-corrected chi connectivity index (χ4v) is 4.27. The molecule has 0 bridgehead atoms. The van der Waals surface area contributed by atoms with Gasteiger partial charge in [-0.05, 0) is 66.9 Å². The number of hydrogen-bond acceptors (Lipinski definition) is 3. The molecule has 6 heteroatoms. The number of anilines is 1. The Morgan fingerprint density at radius 2 is 1.50 bits per heavy atom. The van der Waals surface area contributed by atoms with Crippen molar-refractivity contribution in [1.82, 2.24) is 5.32 Å². The number of halogens is 1. The summed E-state index contributed by atoms with van der Waals surface area (Å²) >= 11 is 1.78. The van der Waals surface area contributed by atoms with E-state index in [1.807, 2.05) is 79.7 Å². The molecule has 4 nitrogen and oxygen atoms in total. The number of benzene rings is 4. The molecule has 2 N–H and O–H groups in total. The fraction of sp³-hybridized carbons (Fsp3) is 0.133. The zero-order valence-corrected chi connectivity index (χ0v) is 20.9. The molecule has 4 rings (SSSR count). The van der Waals surface area contributed by atoms with Crippen LogP contribution in [0.15, 0.2) is 114 Å². The van der Waals surface area contributed by atoms with Gasteiger partial charge in [0.05, 0.1) is 0 Å². The number of carbonyl (C=O) groups excluding carboxylic acids is 2. The van der Waals surface area contributed by atoms with Crippen LogP contribution in [0, 0.1) is 5.82 Å². The van der Waals surface area contributed by atoms with Crippen LogP contribution in [-0.4, -0.2) is 18.4 Å². The maximum atomic E-state index is 13.0. The smallest absolute Gasteiger partial charge is 0.251 e. The summed E-state index contributed by atoms with van der Waals surface area (Å²) < 4.78 is 13.0. The molecule has 0 aliphatic carbocycles. The molecular formula is C30H29FN2O2S. The third-order valence-corrected chi connectivity index (χ3v) is 6.26. The predicted octanol–water partition coefficient (Wildman–Crippen LogP) is 6.73. The maximum absolute atomic E-state index is 13.0. The van der Waals surface area contributed by atoms with Crippen molar-refractivity contribution in [2.24, 2.45) is 0 Å². The zero-order chi connectivity index (χ0) is 25.6. The highest BCUT2D eigenvalue weighted by Gasteiger charge is 2.10. The molecule has 0 spiro atoms. The monoisotopic (exact) mass is 500 g/mol. The molecule has 2 amide bonds. The van der Waals surface area contributed by atoms with Crippen molar-refractivity contribution in [3.8, 4) is 0 Å². The minimum absolute atomic E-state index is 0.00170. The van der Waals surface area contributed by atoms with Crippen LogP contribution in [0.3, 0.4) is 0 Å². The van der Waals surface area contributed by atoms with Gasteiger partial charge in [-0.3, -0.25) is 9.59 Å². The molecule has 0 saturated carbocycles. The van der Waals surface area contributed by atoms with Crippen molar-refractivity contribution in [3.05, 3.63) is 132 Å². The third-order valence-electron chi connectivity index (χ3n) is 5.18. The molecule has 1 atom stereocenters. The van der Waals surface area contributed by atoms with Gasteiger partial charge in [0.2, 0.25) is 6.41 Å². The second kappa shape index (κ2) is 14.5. The van der Waals surface area contributed by atoms with Crippen LogP contribution in [0.2, 0.25) is 0 Å². The summed E-state index contributed by atoms with van der Waals surface area (Å²) in [7, 11) is 0. The van der Waals surface area contributed by atoms with E-state index in [1.54, 1.807) is 17.8 Å². The predicted molar refractivity (Wildman–Crippen MR) is 146 cm³/mol. The first kappa shape index (κ1) is 26.7. The molecule has 0 heterocycles. The molecule has 0 radical (unpaired) electrons. The van der Waals surface area contributed by atoms with Gasteiger partial charge in [-0.1, -0.05) is 66.7 Å². The molecule has 4 aromatic carbocycles. The lowest BCUT2D eigenvalue weighted by Gasteiger charge is -2.14. The lowest BCUT2D eigenvalue weighted by atomic mass is 10.1. The van der Waals surface area contributed by atoms with Crippen LogP contribution in [0.5, 0.6) is 0 Å². The Labute approximate surface area is 216 Å². The van der Waals surface area contributed by atoms with Gasteiger partial charge in [-0.2, -0.15) is 0 Å². The molecular weight excluding hydrogens is 471 g/mol. The van der Waals surface area contributed by atoms with Crippen molar-refractivity contribution in [1.29, 1.82) is 0 Å². The van der Waals surface area contributed by atoms with Gasteiger partial charge < -0.3 is 10.6 Å². The summed E-state index contributed by atoms with van der Waals surface area (Å²) in [6.07, 6.45) is 1.44.